The van der Waals surface area contributed by atoms with Crippen molar-refractivity contribution in [2.45, 2.75) is 43.9 Å². The summed E-state index contributed by atoms with van der Waals surface area (Å²) in [6.07, 6.45) is 3.49. The zero-order valence-corrected chi connectivity index (χ0v) is 13.7. The van der Waals surface area contributed by atoms with Crippen molar-refractivity contribution < 1.29 is 9.47 Å². The molecule has 1 aromatic carbocycles. The minimum absolute atomic E-state index is 0.153. The predicted molar refractivity (Wildman–Crippen MR) is 88.2 cm³/mol. The number of thioether (sulfide) groups is 1. The van der Waals surface area contributed by atoms with Crippen molar-refractivity contribution >= 4 is 11.8 Å². The first-order chi connectivity index (χ1) is 10.2. The van der Waals surface area contributed by atoms with Crippen LogP contribution >= 0.6 is 11.8 Å². The lowest BCUT2D eigenvalue weighted by Crippen LogP contribution is -2.47. The van der Waals surface area contributed by atoms with Crippen LogP contribution in [0.5, 0.6) is 5.75 Å². The molecule has 3 unspecified atom stereocenters. The lowest BCUT2D eigenvalue weighted by Gasteiger charge is -2.39. The highest BCUT2D eigenvalue weighted by Gasteiger charge is 2.40. The smallest absolute Gasteiger partial charge is 0.118 e. The molecule has 3 rings (SSSR count). The molecule has 0 aliphatic carbocycles. The summed E-state index contributed by atoms with van der Waals surface area (Å²) in [5, 5.41) is 3.79. The third kappa shape index (κ3) is 3.55. The van der Waals surface area contributed by atoms with E-state index in [9.17, 15) is 0 Å². The van der Waals surface area contributed by atoms with Gasteiger partial charge in [-0.05, 0) is 49.6 Å². The first kappa shape index (κ1) is 15.2. The summed E-state index contributed by atoms with van der Waals surface area (Å²) < 4.78 is 11.3. The molecule has 1 N–H and O–H groups in total. The highest BCUT2D eigenvalue weighted by molar-refractivity contribution is 7.99. The molecule has 0 bridgehead atoms. The Hall–Kier alpha value is -0.710. The summed E-state index contributed by atoms with van der Waals surface area (Å²) >= 11 is 2.03. The second-order valence-electron chi connectivity index (χ2n) is 6.19. The van der Waals surface area contributed by atoms with Crippen molar-refractivity contribution in [2.24, 2.45) is 0 Å². The monoisotopic (exact) mass is 307 g/mol. The third-order valence-electron chi connectivity index (χ3n) is 4.66. The Balaban J connectivity index is 1.59. The van der Waals surface area contributed by atoms with Crippen LogP contribution in [0.25, 0.3) is 0 Å². The summed E-state index contributed by atoms with van der Waals surface area (Å²) in [6.45, 7) is 3.14. The van der Waals surface area contributed by atoms with E-state index in [-0.39, 0.29) is 5.60 Å². The second kappa shape index (κ2) is 6.59. The van der Waals surface area contributed by atoms with Crippen LogP contribution in [0.4, 0.5) is 0 Å². The fraction of sp³-hybridized carbons (Fsp3) is 0.647. The van der Waals surface area contributed by atoms with Crippen LogP contribution < -0.4 is 10.1 Å². The van der Waals surface area contributed by atoms with Gasteiger partial charge in [-0.2, -0.15) is 11.8 Å². The van der Waals surface area contributed by atoms with Gasteiger partial charge in [-0.3, -0.25) is 0 Å². The number of rotatable bonds is 4. The van der Waals surface area contributed by atoms with Gasteiger partial charge >= 0.3 is 0 Å². The molecule has 3 nitrogen and oxygen atoms in total. The minimum atomic E-state index is 0.153. The van der Waals surface area contributed by atoms with Crippen LogP contribution in [-0.4, -0.2) is 36.9 Å². The van der Waals surface area contributed by atoms with Crippen LogP contribution in [0.1, 0.15) is 37.8 Å². The van der Waals surface area contributed by atoms with Crippen LogP contribution in [0, 0.1) is 0 Å². The maximum absolute atomic E-state index is 6.10. The lowest BCUT2D eigenvalue weighted by atomic mass is 9.89. The largest absolute Gasteiger partial charge is 0.497 e. The van der Waals surface area contributed by atoms with Crippen LogP contribution in [0.3, 0.4) is 0 Å². The molecule has 1 aromatic rings. The number of ether oxygens (including phenoxy) is 2. The number of hydrogen-bond acceptors (Lipinski definition) is 4. The van der Waals surface area contributed by atoms with Crippen molar-refractivity contribution in [1.82, 2.24) is 5.32 Å². The fourth-order valence-electron chi connectivity index (χ4n) is 3.38. The number of nitrogens with one attached hydrogen (secondary N) is 1. The highest BCUT2D eigenvalue weighted by Crippen LogP contribution is 2.38. The van der Waals surface area contributed by atoms with Gasteiger partial charge in [0.1, 0.15) is 5.75 Å². The van der Waals surface area contributed by atoms with E-state index < -0.39 is 0 Å². The average molecular weight is 307 g/mol. The molecule has 0 aromatic heterocycles. The van der Waals surface area contributed by atoms with Gasteiger partial charge in [0, 0.05) is 24.4 Å². The molecule has 1 spiro atoms. The Labute approximate surface area is 131 Å². The van der Waals surface area contributed by atoms with Gasteiger partial charge in [0.05, 0.1) is 12.7 Å². The maximum Gasteiger partial charge on any atom is 0.118 e. The van der Waals surface area contributed by atoms with E-state index in [1.54, 1.807) is 7.11 Å². The first-order valence-electron chi connectivity index (χ1n) is 7.82. The summed E-state index contributed by atoms with van der Waals surface area (Å²) in [6, 6.07) is 9.30. The summed E-state index contributed by atoms with van der Waals surface area (Å²) in [7, 11) is 1.71. The Morgan fingerprint density at radius 3 is 2.86 bits per heavy atom. The normalized spacial score (nSPS) is 30.5. The SMILES string of the molecule is COc1ccc(C(C)NC2CCOC3(CCSC3)C2)cc1. The molecule has 2 fully saturated rings. The van der Waals surface area contributed by atoms with Gasteiger partial charge in [0.15, 0.2) is 0 Å². The van der Waals surface area contributed by atoms with Crippen LogP contribution in [0.2, 0.25) is 0 Å². The van der Waals surface area contributed by atoms with Crippen molar-refractivity contribution in [1.29, 1.82) is 0 Å². The molecule has 21 heavy (non-hydrogen) atoms. The van der Waals surface area contributed by atoms with E-state index in [0.29, 0.717) is 12.1 Å². The molecule has 4 heteroatoms. The van der Waals surface area contributed by atoms with E-state index >= 15 is 0 Å². The zero-order chi connectivity index (χ0) is 14.7. The Bertz CT molecular complexity index is 456. The van der Waals surface area contributed by atoms with Gasteiger partial charge in [-0.15, -0.1) is 0 Å². The Morgan fingerprint density at radius 2 is 2.19 bits per heavy atom. The van der Waals surface area contributed by atoms with E-state index in [4.69, 9.17) is 9.47 Å². The minimum Gasteiger partial charge on any atom is -0.497 e. The Morgan fingerprint density at radius 1 is 1.38 bits per heavy atom. The van der Waals surface area contributed by atoms with E-state index in [2.05, 4.69) is 24.4 Å². The molecule has 0 amide bonds. The molecular weight excluding hydrogens is 282 g/mol. The molecule has 0 radical (unpaired) electrons. The third-order valence-corrected chi connectivity index (χ3v) is 5.88. The number of hydrogen-bond donors (Lipinski definition) is 1. The molecule has 2 aliphatic heterocycles. The van der Waals surface area contributed by atoms with Gasteiger partial charge < -0.3 is 14.8 Å². The van der Waals surface area contributed by atoms with E-state index in [1.165, 1.54) is 23.5 Å². The highest BCUT2D eigenvalue weighted by atomic mass is 32.2. The topological polar surface area (TPSA) is 30.5 Å². The van der Waals surface area contributed by atoms with Gasteiger partial charge in [-0.25, -0.2) is 0 Å². The summed E-state index contributed by atoms with van der Waals surface area (Å²) in [5.74, 6) is 3.34. The van der Waals surface area contributed by atoms with Crippen molar-refractivity contribution in [2.75, 3.05) is 25.2 Å². The van der Waals surface area contributed by atoms with E-state index in [1.807, 2.05) is 23.9 Å². The van der Waals surface area contributed by atoms with Crippen molar-refractivity contribution in [3.63, 3.8) is 0 Å². The van der Waals surface area contributed by atoms with E-state index in [0.717, 1.165) is 25.2 Å². The Kier molecular flexibility index (Phi) is 4.77. The van der Waals surface area contributed by atoms with Crippen molar-refractivity contribution in [3.05, 3.63) is 29.8 Å². The quantitative estimate of drug-likeness (QED) is 0.923. The fourth-order valence-corrected chi connectivity index (χ4v) is 4.75. The summed E-state index contributed by atoms with van der Waals surface area (Å²) in [5.41, 5.74) is 1.47. The number of methoxy groups -OCH3 is 1. The summed E-state index contributed by atoms with van der Waals surface area (Å²) in [4.78, 5) is 0. The number of benzene rings is 1. The molecule has 116 valence electrons. The van der Waals surface area contributed by atoms with Crippen LogP contribution in [0.15, 0.2) is 24.3 Å². The predicted octanol–water partition coefficient (Wildman–Crippen LogP) is 3.40. The lowest BCUT2D eigenvalue weighted by molar-refractivity contribution is -0.0711. The molecule has 2 aliphatic rings. The standard InChI is InChI=1S/C17H25NO2S/c1-13(14-3-5-16(19-2)6-4-14)18-15-7-9-20-17(11-15)8-10-21-12-17/h3-6,13,15,18H,7-12H2,1-2H3. The molecular formula is C17H25NO2S. The average Bonchev–Trinajstić information content (AvgIpc) is 2.95. The van der Waals surface area contributed by atoms with Crippen molar-refractivity contribution in [3.8, 4) is 5.75 Å². The van der Waals surface area contributed by atoms with Gasteiger partial charge in [-0.1, -0.05) is 12.1 Å². The maximum atomic E-state index is 6.10. The van der Waals surface area contributed by atoms with Crippen LogP contribution in [-0.2, 0) is 4.74 Å². The van der Waals surface area contributed by atoms with Gasteiger partial charge in [0.25, 0.3) is 0 Å². The molecule has 0 saturated carbocycles. The second-order valence-corrected chi connectivity index (χ2v) is 7.29. The molecule has 2 heterocycles. The van der Waals surface area contributed by atoms with Gasteiger partial charge in [0.2, 0.25) is 0 Å². The molecule has 2 saturated heterocycles. The molecule has 3 atom stereocenters. The first-order valence-corrected chi connectivity index (χ1v) is 8.98. The zero-order valence-electron chi connectivity index (χ0n) is 12.9.